The summed E-state index contributed by atoms with van der Waals surface area (Å²) >= 11 is 0. The predicted octanol–water partition coefficient (Wildman–Crippen LogP) is 3.02. The molecule has 1 aromatic heterocycles. The molecule has 3 aromatic rings. The van der Waals surface area contributed by atoms with E-state index in [0.717, 1.165) is 0 Å². The van der Waals surface area contributed by atoms with Crippen molar-refractivity contribution in [2.24, 2.45) is 0 Å². The highest BCUT2D eigenvalue weighted by molar-refractivity contribution is 5.91. The zero-order valence-electron chi connectivity index (χ0n) is 13.0. The van der Waals surface area contributed by atoms with Crippen molar-refractivity contribution in [2.75, 3.05) is 0 Å². The molecule has 0 amide bonds. The number of ether oxygens (including phenoxy) is 1. The van der Waals surface area contributed by atoms with Gasteiger partial charge in [0.15, 0.2) is 17.5 Å². The molecule has 26 heavy (non-hydrogen) atoms. The molecule has 0 atom stereocenters. The van der Waals surface area contributed by atoms with Crippen LogP contribution in [-0.4, -0.2) is 26.4 Å². The molecule has 0 N–H and O–H groups in total. The van der Waals surface area contributed by atoms with Crippen molar-refractivity contribution in [3.05, 3.63) is 65.0 Å². The zero-order valence-corrected chi connectivity index (χ0v) is 13.0. The van der Waals surface area contributed by atoms with Gasteiger partial charge in [-0.15, -0.1) is 20.4 Å². The number of rotatable bonds is 3. The largest absolute Gasteiger partial charge is 0.416 e. The highest BCUT2D eigenvalue weighted by atomic mass is 19.2. The van der Waals surface area contributed by atoms with Gasteiger partial charge in [-0.25, -0.2) is 13.6 Å². The first-order valence-electron chi connectivity index (χ1n) is 7.06. The molecule has 0 fully saturated rings. The Morgan fingerprint density at radius 1 is 0.885 bits per heavy atom. The van der Waals surface area contributed by atoms with Crippen LogP contribution in [0.4, 0.5) is 17.6 Å². The Bertz CT molecular complexity index is 953. The third-order valence-corrected chi connectivity index (χ3v) is 3.22. The fourth-order valence-corrected chi connectivity index (χ4v) is 1.94. The highest BCUT2D eigenvalue weighted by Gasteiger charge is 2.23. The monoisotopic (exact) mass is 364 g/mol. The summed E-state index contributed by atoms with van der Waals surface area (Å²) in [6.45, 7) is 1.61. The maximum atomic E-state index is 13.5. The summed E-state index contributed by atoms with van der Waals surface area (Å²) < 4.78 is 57.8. The van der Waals surface area contributed by atoms with Crippen LogP contribution in [0.1, 0.15) is 16.2 Å². The Morgan fingerprint density at radius 2 is 1.42 bits per heavy atom. The molecule has 0 bridgehead atoms. The Balaban J connectivity index is 1.84. The molecule has 0 saturated carbocycles. The molecule has 0 aliphatic rings. The number of carbonyl (C=O) groups excluding carboxylic acids is 1. The number of hydrogen-bond donors (Lipinski definition) is 0. The van der Waals surface area contributed by atoms with Gasteiger partial charge in [-0.2, -0.15) is 8.78 Å². The molecule has 0 spiro atoms. The average Bonchev–Trinajstić information content (AvgIpc) is 2.64. The molecule has 1 heterocycles. The van der Waals surface area contributed by atoms with Gasteiger partial charge in [0, 0.05) is 11.6 Å². The van der Waals surface area contributed by atoms with Crippen LogP contribution in [0, 0.1) is 30.2 Å². The smallest absolute Gasteiger partial charge is 0.343 e. The molecular weight excluding hydrogens is 356 g/mol. The molecular formula is C16H8F4N4O2. The normalized spacial score (nSPS) is 10.7. The second-order valence-corrected chi connectivity index (χ2v) is 5.03. The van der Waals surface area contributed by atoms with Crippen molar-refractivity contribution in [2.45, 2.75) is 6.92 Å². The van der Waals surface area contributed by atoms with Gasteiger partial charge in [0.2, 0.25) is 23.2 Å². The topological polar surface area (TPSA) is 77.9 Å². The lowest BCUT2D eigenvalue weighted by Crippen LogP contribution is -2.12. The van der Waals surface area contributed by atoms with Crippen LogP contribution in [0.3, 0.4) is 0 Å². The fraction of sp³-hybridized carbons (Fsp3) is 0.0625. The number of aromatic nitrogens is 4. The second-order valence-electron chi connectivity index (χ2n) is 5.03. The maximum Gasteiger partial charge on any atom is 0.343 e. The molecule has 0 unspecified atom stereocenters. The third kappa shape index (κ3) is 3.34. The lowest BCUT2D eigenvalue weighted by atomic mass is 10.1. The second kappa shape index (κ2) is 6.82. The van der Waals surface area contributed by atoms with Crippen molar-refractivity contribution in [1.29, 1.82) is 0 Å². The first-order chi connectivity index (χ1) is 12.4. The number of halogens is 4. The van der Waals surface area contributed by atoms with E-state index in [4.69, 9.17) is 0 Å². The van der Waals surface area contributed by atoms with Crippen LogP contribution in [0.5, 0.6) is 5.75 Å². The number of aryl methyl sites for hydroxylation is 1. The SMILES string of the molecule is Cc1nnc(-c2ccc(C(=O)Oc3c(F)c(F)cc(F)c3F)cc2)nn1. The van der Waals surface area contributed by atoms with E-state index in [2.05, 4.69) is 25.1 Å². The van der Waals surface area contributed by atoms with Gasteiger partial charge >= 0.3 is 5.97 Å². The van der Waals surface area contributed by atoms with Gasteiger partial charge in [-0.3, -0.25) is 0 Å². The lowest BCUT2D eigenvalue weighted by molar-refractivity contribution is 0.0717. The third-order valence-electron chi connectivity index (χ3n) is 3.22. The van der Waals surface area contributed by atoms with Crippen LogP contribution in [0.25, 0.3) is 11.4 Å². The maximum absolute atomic E-state index is 13.5. The van der Waals surface area contributed by atoms with Gasteiger partial charge < -0.3 is 4.74 Å². The van der Waals surface area contributed by atoms with Gasteiger partial charge in [-0.05, 0) is 19.1 Å². The van der Waals surface area contributed by atoms with E-state index in [9.17, 15) is 22.4 Å². The van der Waals surface area contributed by atoms with Crippen LogP contribution in [0.2, 0.25) is 0 Å². The van der Waals surface area contributed by atoms with E-state index in [1.807, 2.05) is 0 Å². The van der Waals surface area contributed by atoms with Crippen LogP contribution in [0.15, 0.2) is 30.3 Å². The number of nitrogens with zero attached hydrogens (tertiary/aromatic N) is 4. The first-order valence-corrected chi connectivity index (χ1v) is 7.06. The summed E-state index contributed by atoms with van der Waals surface area (Å²) in [5.41, 5.74) is 0.348. The minimum Gasteiger partial charge on any atom is -0.416 e. The Hall–Kier alpha value is -3.43. The van der Waals surface area contributed by atoms with E-state index in [-0.39, 0.29) is 17.5 Å². The van der Waals surface area contributed by atoms with Crippen molar-refractivity contribution >= 4 is 5.97 Å². The molecule has 0 aliphatic carbocycles. The number of benzene rings is 2. The Morgan fingerprint density at radius 3 is 1.96 bits per heavy atom. The van der Waals surface area contributed by atoms with Crippen molar-refractivity contribution in [1.82, 2.24) is 20.4 Å². The molecule has 0 aliphatic heterocycles. The molecule has 3 rings (SSSR count). The summed E-state index contributed by atoms with van der Waals surface area (Å²) in [6, 6.07) is 5.37. The predicted molar refractivity (Wildman–Crippen MR) is 79.0 cm³/mol. The fourth-order valence-electron chi connectivity index (χ4n) is 1.94. The number of hydrogen-bond acceptors (Lipinski definition) is 6. The lowest BCUT2D eigenvalue weighted by Gasteiger charge is -2.08. The molecule has 10 heteroatoms. The van der Waals surface area contributed by atoms with Crippen LogP contribution >= 0.6 is 0 Å². The van der Waals surface area contributed by atoms with Gasteiger partial charge in [0.25, 0.3) is 0 Å². The van der Waals surface area contributed by atoms with Crippen LogP contribution < -0.4 is 4.74 Å². The van der Waals surface area contributed by atoms with Gasteiger partial charge in [-0.1, -0.05) is 12.1 Å². The summed E-state index contributed by atoms with van der Waals surface area (Å²) in [5, 5.41) is 15.1. The van der Waals surface area contributed by atoms with Crippen molar-refractivity contribution in [3.63, 3.8) is 0 Å². The quantitative estimate of drug-likeness (QED) is 0.308. The van der Waals surface area contributed by atoms with E-state index in [1.165, 1.54) is 24.3 Å². The minimum absolute atomic E-state index is 0.0143. The van der Waals surface area contributed by atoms with Crippen molar-refractivity contribution in [3.8, 4) is 17.1 Å². The van der Waals surface area contributed by atoms with Crippen LogP contribution in [-0.2, 0) is 0 Å². The van der Waals surface area contributed by atoms with Gasteiger partial charge in [0.05, 0.1) is 5.56 Å². The molecule has 2 aromatic carbocycles. The number of esters is 1. The van der Waals surface area contributed by atoms with Crippen molar-refractivity contribution < 1.29 is 27.1 Å². The number of carbonyl (C=O) groups is 1. The summed E-state index contributed by atoms with van der Waals surface area (Å²) in [5.74, 6) is -9.07. The Kier molecular flexibility index (Phi) is 4.57. The van der Waals surface area contributed by atoms with E-state index >= 15 is 0 Å². The van der Waals surface area contributed by atoms with E-state index in [0.29, 0.717) is 11.4 Å². The van der Waals surface area contributed by atoms with Gasteiger partial charge in [0.1, 0.15) is 0 Å². The molecule has 6 nitrogen and oxygen atoms in total. The molecule has 0 radical (unpaired) electrons. The summed E-state index contributed by atoms with van der Waals surface area (Å²) in [6.07, 6.45) is 0. The molecule has 132 valence electrons. The zero-order chi connectivity index (χ0) is 18.8. The Labute approximate surface area is 143 Å². The van der Waals surface area contributed by atoms with E-state index in [1.54, 1.807) is 6.92 Å². The molecule has 0 saturated heterocycles. The summed E-state index contributed by atoms with van der Waals surface area (Å²) in [4.78, 5) is 12.0. The average molecular weight is 364 g/mol. The standard InChI is InChI=1S/C16H8F4N4O2/c1-7-21-23-15(24-22-7)8-2-4-9(5-3-8)16(25)26-14-12(19)10(17)6-11(18)13(14)20/h2-6H,1H3. The summed E-state index contributed by atoms with van der Waals surface area (Å²) in [7, 11) is 0. The minimum atomic E-state index is -1.81. The highest BCUT2D eigenvalue weighted by Crippen LogP contribution is 2.27. The first kappa shape index (κ1) is 17.4. The van der Waals surface area contributed by atoms with E-state index < -0.39 is 35.0 Å².